The third-order valence-electron chi connectivity index (χ3n) is 1.81. The standard InChI is InChI=1S/C8H10ClN5O2/c1-11-8(10)13(14(15)16)5-6-2-3-7(9)12-4-6/h2-4H,5H2,1H3,(H2,10,11). The average molecular weight is 244 g/mol. The lowest BCUT2D eigenvalue weighted by Crippen LogP contribution is -2.40. The summed E-state index contributed by atoms with van der Waals surface area (Å²) in [6.07, 6.45) is 1.45. The monoisotopic (exact) mass is 243 g/mol. The number of guanidine groups is 1. The van der Waals surface area contributed by atoms with Crippen LogP contribution in [0.4, 0.5) is 0 Å². The number of halogens is 1. The fourth-order valence-corrected chi connectivity index (χ4v) is 1.12. The van der Waals surface area contributed by atoms with E-state index in [1.807, 2.05) is 0 Å². The highest BCUT2D eigenvalue weighted by Gasteiger charge is 2.19. The quantitative estimate of drug-likeness (QED) is 0.277. The molecule has 16 heavy (non-hydrogen) atoms. The number of nitro groups is 1. The third kappa shape index (κ3) is 3.06. The molecular weight excluding hydrogens is 234 g/mol. The van der Waals surface area contributed by atoms with Gasteiger partial charge in [0.2, 0.25) is 0 Å². The summed E-state index contributed by atoms with van der Waals surface area (Å²) in [7, 11) is 1.38. The molecule has 0 atom stereocenters. The number of pyridine rings is 1. The van der Waals surface area contributed by atoms with Crippen LogP contribution in [0.2, 0.25) is 5.15 Å². The molecule has 0 saturated heterocycles. The van der Waals surface area contributed by atoms with Crippen molar-refractivity contribution in [2.24, 2.45) is 10.7 Å². The van der Waals surface area contributed by atoms with Crippen LogP contribution in [0.5, 0.6) is 0 Å². The molecule has 7 nitrogen and oxygen atoms in total. The molecule has 0 fully saturated rings. The summed E-state index contributed by atoms with van der Waals surface area (Å²) in [5.74, 6) is -0.167. The van der Waals surface area contributed by atoms with Gasteiger partial charge in [-0.25, -0.2) is 15.1 Å². The van der Waals surface area contributed by atoms with Crippen molar-refractivity contribution < 1.29 is 5.03 Å². The van der Waals surface area contributed by atoms with Gasteiger partial charge in [0.15, 0.2) is 5.03 Å². The van der Waals surface area contributed by atoms with E-state index in [0.717, 1.165) is 5.01 Å². The van der Waals surface area contributed by atoms with Crippen molar-refractivity contribution in [3.63, 3.8) is 0 Å². The maximum Gasteiger partial charge on any atom is 0.254 e. The summed E-state index contributed by atoms with van der Waals surface area (Å²) >= 11 is 5.59. The van der Waals surface area contributed by atoms with Crippen molar-refractivity contribution in [2.75, 3.05) is 7.05 Å². The normalized spacial score (nSPS) is 11.2. The SMILES string of the molecule is CN=C(N)N(Cc1ccc(Cl)nc1)[N+](=O)[O-]. The predicted octanol–water partition coefficient (Wildman–Crippen LogP) is 0.673. The molecular formula is C8H10ClN5O2. The Morgan fingerprint density at radius 2 is 2.44 bits per heavy atom. The molecule has 0 aliphatic heterocycles. The van der Waals surface area contributed by atoms with Gasteiger partial charge in [-0.2, -0.15) is 0 Å². The fourth-order valence-electron chi connectivity index (χ4n) is 1.01. The van der Waals surface area contributed by atoms with E-state index in [2.05, 4.69) is 9.98 Å². The van der Waals surface area contributed by atoms with Crippen LogP contribution in [0.1, 0.15) is 5.56 Å². The van der Waals surface area contributed by atoms with Crippen LogP contribution in [-0.4, -0.2) is 28.0 Å². The Bertz CT molecular complexity index is 405. The highest BCUT2D eigenvalue weighted by molar-refractivity contribution is 6.29. The van der Waals surface area contributed by atoms with E-state index in [1.54, 1.807) is 12.1 Å². The molecule has 0 aromatic carbocycles. The minimum Gasteiger partial charge on any atom is -0.365 e. The highest BCUT2D eigenvalue weighted by Crippen LogP contribution is 2.07. The number of hydrogen-bond donors (Lipinski definition) is 1. The molecule has 0 bridgehead atoms. The van der Waals surface area contributed by atoms with Crippen LogP contribution in [0.15, 0.2) is 23.3 Å². The lowest BCUT2D eigenvalue weighted by atomic mass is 10.3. The molecule has 8 heteroatoms. The van der Waals surface area contributed by atoms with Gasteiger partial charge < -0.3 is 5.73 Å². The smallest absolute Gasteiger partial charge is 0.254 e. The fraction of sp³-hybridized carbons (Fsp3) is 0.250. The van der Waals surface area contributed by atoms with E-state index < -0.39 is 5.03 Å². The Labute approximate surface area is 96.7 Å². The first kappa shape index (κ1) is 12.2. The van der Waals surface area contributed by atoms with Crippen molar-refractivity contribution >= 4 is 17.6 Å². The van der Waals surface area contributed by atoms with Crippen molar-refractivity contribution in [3.8, 4) is 0 Å². The van der Waals surface area contributed by atoms with Gasteiger partial charge in [0.25, 0.3) is 5.96 Å². The molecule has 1 rings (SSSR count). The third-order valence-corrected chi connectivity index (χ3v) is 2.04. The van der Waals surface area contributed by atoms with Gasteiger partial charge in [-0.3, -0.25) is 4.99 Å². The van der Waals surface area contributed by atoms with E-state index >= 15 is 0 Å². The summed E-state index contributed by atoms with van der Waals surface area (Å²) in [5, 5.41) is 11.1. The first-order valence-electron chi connectivity index (χ1n) is 4.29. The van der Waals surface area contributed by atoms with E-state index in [4.69, 9.17) is 17.3 Å². The second-order valence-corrected chi connectivity index (χ2v) is 3.25. The first-order chi connectivity index (χ1) is 7.54. The van der Waals surface area contributed by atoms with Crippen LogP contribution in [0, 0.1) is 10.1 Å². The number of hydrazine groups is 1. The Hall–Kier alpha value is -1.89. The molecule has 0 aliphatic rings. The summed E-state index contributed by atoms with van der Waals surface area (Å²) < 4.78 is 0. The van der Waals surface area contributed by atoms with Crippen molar-refractivity contribution in [3.05, 3.63) is 39.2 Å². The summed E-state index contributed by atoms with van der Waals surface area (Å²) in [6.45, 7) is -0.0135. The van der Waals surface area contributed by atoms with Gasteiger partial charge in [-0.1, -0.05) is 22.7 Å². The van der Waals surface area contributed by atoms with Crippen molar-refractivity contribution in [1.82, 2.24) is 9.99 Å². The van der Waals surface area contributed by atoms with E-state index in [0.29, 0.717) is 10.7 Å². The Balaban J connectivity index is 2.84. The largest absolute Gasteiger partial charge is 0.365 e. The average Bonchev–Trinajstić information content (AvgIpc) is 2.27. The Morgan fingerprint density at radius 1 is 1.75 bits per heavy atom. The number of aliphatic imine (C=N–C) groups is 1. The van der Waals surface area contributed by atoms with Gasteiger partial charge >= 0.3 is 0 Å². The lowest BCUT2D eigenvalue weighted by molar-refractivity contribution is -0.633. The molecule has 0 amide bonds. The Morgan fingerprint density at radius 3 is 2.88 bits per heavy atom. The first-order valence-corrected chi connectivity index (χ1v) is 4.67. The van der Waals surface area contributed by atoms with Crippen LogP contribution in [0.25, 0.3) is 0 Å². The molecule has 2 N–H and O–H groups in total. The van der Waals surface area contributed by atoms with Gasteiger partial charge in [-0.05, 0) is 11.6 Å². The zero-order chi connectivity index (χ0) is 12.1. The zero-order valence-electron chi connectivity index (χ0n) is 8.50. The number of hydrogen-bond acceptors (Lipinski definition) is 4. The zero-order valence-corrected chi connectivity index (χ0v) is 9.26. The summed E-state index contributed by atoms with van der Waals surface area (Å²) in [4.78, 5) is 18.1. The molecule has 0 spiro atoms. The van der Waals surface area contributed by atoms with Gasteiger partial charge in [0.05, 0.1) is 0 Å². The van der Waals surface area contributed by atoms with Crippen LogP contribution >= 0.6 is 11.6 Å². The Kier molecular flexibility index (Phi) is 4.01. The highest BCUT2D eigenvalue weighted by atomic mass is 35.5. The number of nitrogens with two attached hydrogens (primary N) is 1. The summed E-state index contributed by atoms with van der Waals surface area (Å²) in [5.41, 5.74) is 6.00. The number of nitrogens with zero attached hydrogens (tertiary/aromatic N) is 4. The molecule has 1 aromatic rings. The van der Waals surface area contributed by atoms with Gasteiger partial charge in [0.1, 0.15) is 11.7 Å². The van der Waals surface area contributed by atoms with Gasteiger partial charge in [-0.15, -0.1) is 0 Å². The maximum atomic E-state index is 10.7. The minimum atomic E-state index is -0.628. The van der Waals surface area contributed by atoms with Crippen LogP contribution < -0.4 is 5.73 Å². The molecule has 0 aliphatic carbocycles. The molecule has 1 heterocycles. The van der Waals surface area contributed by atoms with E-state index in [-0.39, 0.29) is 12.5 Å². The molecule has 0 radical (unpaired) electrons. The molecule has 1 aromatic heterocycles. The van der Waals surface area contributed by atoms with Crippen molar-refractivity contribution in [1.29, 1.82) is 0 Å². The summed E-state index contributed by atoms with van der Waals surface area (Å²) in [6, 6.07) is 3.18. The molecule has 0 saturated carbocycles. The molecule has 0 unspecified atom stereocenters. The second kappa shape index (κ2) is 5.26. The van der Waals surface area contributed by atoms with Crippen LogP contribution in [-0.2, 0) is 6.54 Å². The predicted molar refractivity (Wildman–Crippen MR) is 59.3 cm³/mol. The number of rotatable bonds is 3. The van der Waals surface area contributed by atoms with Crippen molar-refractivity contribution in [2.45, 2.75) is 6.54 Å². The van der Waals surface area contributed by atoms with Crippen LogP contribution in [0.3, 0.4) is 0 Å². The lowest BCUT2D eigenvalue weighted by Gasteiger charge is -2.12. The topological polar surface area (TPSA) is 97.7 Å². The van der Waals surface area contributed by atoms with E-state index in [1.165, 1.54) is 13.2 Å². The molecule has 86 valence electrons. The maximum absolute atomic E-state index is 10.7. The second-order valence-electron chi connectivity index (χ2n) is 2.87. The van der Waals surface area contributed by atoms with Gasteiger partial charge in [0, 0.05) is 13.2 Å². The minimum absolute atomic E-state index is 0.0135. The van der Waals surface area contributed by atoms with E-state index in [9.17, 15) is 10.1 Å². The number of aromatic nitrogens is 1.